The van der Waals surface area contributed by atoms with Gasteiger partial charge in [-0.15, -0.1) is 0 Å². The molecule has 0 spiro atoms. The summed E-state index contributed by atoms with van der Waals surface area (Å²) in [7, 11) is 0. The lowest BCUT2D eigenvalue weighted by atomic mass is 9.99. The standard InChI is InChI=1S/C30H39F2N7O3/c1-5-25(40)39-14-21(7-6-17(39)2)35-30-27(32)19(4)26(28(33)41)29(36-30)34-20-8-9-24(23(31)12-20)38-11-10-37(13-18(38)3)22-15-42-16-22/h5,8-9,12,17-18,21-22H,1,6-7,10-11,13-16H2,2-4H3,(H2,33,41)(H2,34,35,36)/t17-,18-,21?/m0/s1. The molecule has 4 heterocycles. The van der Waals surface area contributed by atoms with Gasteiger partial charge in [-0.2, -0.15) is 0 Å². The van der Waals surface area contributed by atoms with Crippen molar-refractivity contribution in [3.05, 3.63) is 53.6 Å². The molecule has 2 aromatic rings. The van der Waals surface area contributed by atoms with Gasteiger partial charge in [0, 0.05) is 55.6 Å². The van der Waals surface area contributed by atoms with Crippen molar-refractivity contribution < 1.29 is 23.1 Å². The Bertz CT molecular complexity index is 1370. The van der Waals surface area contributed by atoms with Crippen LogP contribution < -0.4 is 21.3 Å². The number of halogens is 2. The summed E-state index contributed by atoms with van der Waals surface area (Å²) in [4.78, 5) is 35.1. The predicted octanol–water partition coefficient (Wildman–Crippen LogP) is 3.40. The molecule has 0 saturated carbocycles. The minimum atomic E-state index is -0.858. The van der Waals surface area contributed by atoms with E-state index in [1.165, 1.54) is 19.1 Å². The van der Waals surface area contributed by atoms with Gasteiger partial charge in [0.2, 0.25) is 5.91 Å². The van der Waals surface area contributed by atoms with Crippen LogP contribution in [-0.2, 0) is 9.53 Å². The number of carbonyl (C=O) groups is 2. The SMILES string of the molecule is C=CC(=O)N1CC(Nc2nc(Nc3ccc(N4CCN(C5COC5)C[C@@H]4C)c(F)c3)c(C(N)=O)c(C)c2F)CC[C@@H]1C. The van der Waals surface area contributed by atoms with Crippen molar-refractivity contribution in [2.75, 3.05) is 54.9 Å². The number of piperazine rings is 1. The number of benzene rings is 1. The predicted molar refractivity (Wildman–Crippen MR) is 158 cm³/mol. The molecule has 42 heavy (non-hydrogen) atoms. The number of likely N-dealkylation sites (tertiary alicyclic amines) is 1. The van der Waals surface area contributed by atoms with Gasteiger partial charge >= 0.3 is 0 Å². The summed E-state index contributed by atoms with van der Waals surface area (Å²) >= 11 is 0. The Labute approximate surface area is 244 Å². The van der Waals surface area contributed by atoms with Crippen LogP contribution in [0.4, 0.5) is 31.8 Å². The third-order valence-electron chi connectivity index (χ3n) is 8.62. The van der Waals surface area contributed by atoms with Gasteiger partial charge in [-0.3, -0.25) is 14.5 Å². The second-order valence-corrected chi connectivity index (χ2v) is 11.5. The minimum Gasteiger partial charge on any atom is -0.378 e. The lowest BCUT2D eigenvalue weighted by Crippen LogP contribution is -2.59. The Morgan fingerprint density at radius 3 is 2.50 bits per heavy atom. The molecule has 3 fully saturated rings. The van der Waals surface area contributed by atoms with E-state index < -0.39 is 17.5 Å². The van der Waals surface area contributed by atoms with E-state index in [1.54, 1.807) is 17.0 Å². The topological polar surface area (TPSA) is 116 Å². The summed E-state index contributed by atoms with van der Waals surface area (Å²) in [6.45, 7) is 13.2. The molecule has 3 saturated heterocycles. The van der Waals surface area contributed by atoms with Crippen molar-refractivity contribution in [3.8, 4) is 0 Å². The molecule has 3 aliphatic rings. The highest BCUT2D eigenvalue weighted by Gasteiger charge is 2.33. The summed E-state index contributed by atoms with van der Waals surface area (Å²) in [6, 6.07) is 5.06. The molecule has 3 aliphatic heterocycles. The van der Waals surface area contributed by atoms with E-state index in [1.807, 2.05) is 6.92 Å². The fourth-order valence-electron chi connectivity index (χ4n) is 6.08. The lowest BCUT2D eigenvalue weighted by molar-refractivity contribution is -0.129. The number of rotatable bonds is 8. The number of hydrogen-bond donors (Lipinski definition) is 3. The van der Waals surface area contributed by atoms with Crippen LogP contribution in [0.15, 0.2) is 30.9 Å². The van der Waals surface area contributed by atoms with E-state index in [9.17, 15) is 9.59 Å². The highest BCUT2D eigenvalue weighted by atomic mass is 19.1. The number of nitrogens with zero attached hydrogens (tertiary/aromatic N) is 4. The van der Waals surface area contributed by atoms with Crippen molar-refractivity contribution in [2.24, 2.45) is 5.73 Å². The monoisotopic (exact) mass is 583 g/mol. The minimum absolute atomic E-state index is 0.0175. The van der Waals surface area contributed by atoms with Crippen molar-refractivity contribution in [1.29, 1.82) is 0 Å². The molecule has 1 aromatic carbocycles. The molecule has 0 aliphatic carbocycles. The zero-order chi connectivity index (χ0) is 30.1. The normalized spacial score (nSPS) is 23.3. The van der Waals surface area contributed by atoms with Crippen LogP contribution in [0, 0.1) is 18.6 Å². The van der Waals surface area contributed by atoms with Gasteiger partial charge in [-0.1, -0.05) is 6.58 Å². The fourth-order valence-corrected chi connectivity index (χ4v) is 6.08. The number of primary amides is 1. The second kappa shape index (κ2) is 12.2. The molecule has 3 atom stereocenters. The Hall–Kier alpha value is -3.77. The summed E-state index contributed by atoms with van der Waals surface area (Å²) in [6.07, 6.45) is 2.67. The first-order chi connectivity index (χ1) is 20.1. The zero-order valence-corrected chi connectivity index (χ0v) is 24.3. The van der Waals surface area contributed by atoms with E-state index in [-0.39, 0.29) is 46.8 Å². The van der Waals surface area contributed by atoms with Crippen LogP contribution in [-0.4, -0.2) is 90.2 Å². The van der Waals surface area contributed by atoms with Crippen molar-refractivity contribution >= 4 is 34.8 Å². The first-order valence-electron chi connectivity index (χ1n) is 14.4. The van der Waals surface area contributed by atoms with Crippen LogP contribution in [0.5, 0.6) is 0 Å². The summed E-state index contributed by atoms with van der Waals surface area (Å²) in [5, 5.41) is 6.09. The maximum atomic E-state index is 15.5. The van der Waals surface area contributed by atoms with Crippen LogP contribution in [0.25, 0.3) is 0 Å². The van der Waals surface area contributed by atoms with Gasteiger partial charge in [0.15, 0.2) is 11.6 Å². The van der Waals surface area contributed by atoms with E-state index in [0.717, 1.165) is 32.7 Å². The number of piperidine rings is 1. The molecule has 1 unspecified atom stereocenters. The van der Waals surface area contributed by atoms with Crippen LogP contribution in [0.2, 0.25) is 0 Å². The average molecular weight is 584 g/mol. The largest absolute Gasteiger partial charge is 0.378 e. The number of nitrogens with two attached hydrogens (primary N) is 1. The Morgan fingerprint density at radius 1 is 1.12 bits per heavy atom. The van der Waals surface area contributed by atoms with Crippen molar-refractivity contribution in [2.45, 2.75) is 57.8 Å². The summed E-state index contributed by atoms with van der Waals surface area (Å²) < 4.78 is 36.2. The van der Waals surface area contributed by atoms with Crippen molar-refractivity contribution in [3.63, 3.8) is 0 Å². The van der Waals surface area contributed by atoms with E-state index in [4.69, 9.17) is 10.5 Å². The quantitative estimate of drug-likeness (QED) is 0.405. The highest BCUT2D eigenvalue weighted by molar-refractivity contribution is 6.00. The number of carbonyl (C=O) groups excluding carboxylic acids is 2. The molecule has 0 bridgehead atoms. The van der Waals surface area contributed by atoms with Gasteiger partial charge in [0.05, 0.1) is 30.5 Å². The maximum Gasteiger partial charge on any atom is 0.252 e. The first-order valence-corrected chi connectivity index (χ1v) is 14.4. The smallest absolute Gasteiger partial charge is 0.252 e. The number of aromatic nitrogens is 1. The molecule has 12 heteroatoms. The number of pyridine rings is 1. The molecular formula is C30H39F2N7O3. The Kier molecular flexibility index (Phi) is 8.65. The third kappa shape index (κ3) is 5.91. The third-order valence-corrected chi connectivity index (χ3v) is 8.62. The molecule has 0 radical (unpaired) electrons. The molecule has 226 valence electrons. The van der Waals surface area contributed by atoms with Crippen LogP contribution in [0.1, 0.15) is 42.6 Å². The number of ether oxygens (including phenoxy) is 1. The molecule has 5 rings (SSSR count). The number of nitrogens with one attached hydrogen (secondary N) is 2. The first kappa shape index (κ1) is 29.7. The Morgan fingerprint density at radius 2 is 1.88 bits per heavy atom. The fraction of sp³-hybridized carbons (Fsp3) is 0.500. The van der Waals surface area contributed by atoms with Crippen LogP contribution in [0.3, 0.4) is 0 Å². The van der Waals surface area contributed by atoms with E-state index in [0.29, 0.717) is 36.9 Å². The molecule has 1 aromatic heterocycles. The summed E-state index contributed by atoms with van der Waals surface area (Å²) in [5.74, 6) is -2.25. The zero-order valence-electron chi connectivity index (χ0n) is 24.3. The van der Waals surface area contributed by atoms with E-state index in [2.05, 4.69) is 38.9 Å². The van der Waals surface area contributed by atoms with Crippen LogP contribution >= 0.6 is 0 Å². The number of amides is 2. The highest BCUT2D eigenvalue weighted by Crippen LogP contribution is 2.32. The summed E-state index contributed by atoms with van der Waals surface area (Å²) in [5.41, 5.74) is 6.35. The number of anilines is 4. The van der Waals surface area contributed by atoms with Crippen molar-refractivity contribution in [1.82, 2.24) is 14.8 Å². The lowest BCUT2D eigenvalue weighted by Gasteiger charge is -2.46. The molecule has 4 N–H and O–H groups in total. The molecular weight excluding hydrogens is 544 g/mol. The van der Waals surface area contributed by atoms with Gasteiger partial charge in [0.25, 0.3) is 5.91 Å². The van der Waals surface area contributed by atoms with E-state index >= 15 is 8.78 Å². The maximum absolute atomic E-state index is 15.5. The van der Waals surface area contributed by atoms with Gasteiger partial charge in [0.1, 0.15) is 11.6 Å². The molecule has 10 nitrogen and oxygen atoms in total. The van der Waals surface area contributed by atoms with Gasteiger partial charge < -0.3 is 30.9 Å². The van der Waals surface area contributed by atoms with Gasteiger partial charge in [-0.05, 0) is 57.9 Å². The molecule has 2 amide bonds. The number of hydrogen-bond acceptors (Lipinski definition) is 8. The Balaban J connectivity index is 1.36. The second-order valence-electron chi connectivity index (χ2n) is 11.5. The average Bonchev–Trinajstić information content (AvgIpc) is 2.91. The van der Waals surface area contributed by atoms with Gasteiger partial charge in [-0.25, -0.2) is 13.8 Å².